The van der Waals surface area contributed by atoms with Crippen molar-refractivity contribution in [1.29, 1.82) is 0 Å². The van der Waals surface area contributed by atoms with Crippen molar-refractivity contribution in [3.8, 4) is 0 Å². The number of hydrogen-bond acceptors (Lipinski definition) is 4. The number of nitrogens with zero attached hydrogens (tertiary/aromatic N) is 1. The van der Waals surface area contributed by atoms with Crippen molar-refractivity contribution in [1.82, 2.24) is 4.98 Å². The highest BCUT2D eigenvalue weighted by atomic mass is 127. The van der Waals surface area contributed by atoms with E-state index in [0.717, 1.165) is 3.57 Å². The normalized spacial score (nSPS) is 9.47. The predicted molar refractivity (Wildman–Crippen MR) is 62.2 cm³/mol. The summed E-state index contributed by atoms with van der Waals surface area (Å²) in [6, 6.07) is 3.52. The highest BCUT2D eigenvalue weighted by molar-refractivity contribution is 14.1. The lowest BCUT2D eigenvalue weighted by Gasteiger charge is -2.04. The number of nitrogens with one attached hydrogen (secondary N) is 1. The number of carbonyl (C=O) groups excluding carboxylic acids is 2. The number of aromatic nitrogens is 1. The number of hydrogen-bond donors (Lipinski definition) is 1. The average Bonchev–Trinajstić information content (AvgIpc) is 2.15. The van der Waals surface area contributed by atoms with E-state index in [-0.39, 0.29) is 6.61 Å². The molecule has 0 aliphatic carbocycles. The number of halogens is 1. The zero-order valence-electron chi connectivity index (χ0n) is 7.99. The van der Waals surface area contributed by atoms with Gasteiger partial charge in [0.1, 0.15) is 5.82 Å². The third kappa shape index (κ3) is 4.73. The lowest BCUT2D eigenvalue weighted by molar-refractivity contribution is -0.144. The molecule has 0 aliphatic heterocycles. The Morgan fingerprint density at radius 3 is 2.93 bits per heavy atom. The topological polar surface area (TPSA) is 68.3 Å². The molecule has 0 aliphatic rings. The van der Waals surface area contributed by atoms with Crippen LogP contribution < -0.4 is 5.32 Å². The smallest absolute Gasteiger partial charge is 0.303 e. The number of rotatable bonds is 3. The van der Waals surface area contributed by atoms with E-state index in [1.165, 1.54) is 6.92 Å². The molecule has 0 saturated carbocycles. The largest absolute Gasteiger partial charge is 0.456 e. The van der Waals surface area contributed by atoms with Crippen LogP contribution in [0.3, 0.4) is 0 Å². The molecule has 0 spiro atoms. The van der Waals surface area contributed by atoms with E-state index in [9.17, 15) is 9.59 Å². The van der Waals surface area contributed by atoms with Crippen LogP contribution in [0.2, 0.25) is 0 Å². The molecule has 0 radical (unpaired) electrons. The minimum Gasteiger partial charge on any atom is -0.456 e. The minimum atomic E-state index is -0.485. The van der Waals surface area contributed by atoms with E-state index in [1.54, 1.807) is 12.3 Å². The molecule has 0 bridgehead atoms. The van der Waals surface area contributed by atoms with Crippen LogP contribution in [-0.4, -0.2) is 23.5 Å². The first-order valence-corrected chi connectivity index (χ1v) is 5.20. The van der Waals surface area contributed by atoms with Crippen LogP contribution in [0.5, 0.6) is 0 Å². The van der Waals surface area contributed by atoms with Gasteiger partial charge in [0, 0.05) is 16.7 Å². The van der Waals surface area contributed by atoms with Crippen molar-refractivity contribution in [3.63, 3.8) is 0 Å². The molecule has 1 heterocycles. The SMILES string of the molecule is CC(=O)OCC(=O)Nc1cc(I)ccn1. The van der Waals surface area contributed by atoms with Gasteiger partial charge in [0.2, 0.25) is 0 Å². The van der Waals surface area contributed by atoms with Crippen LogP contribution in [-0.2, 0) is 14.3 Å². The van der Waals surface area contributed by atoms with E-state index in [4.69, 9.17) is 0 Å². The summed E-state index contributed by atoms with van der Waals surface area (Å²) in [6.45, 7) is 0.958. The molecule has 5 nitrogen and oxygen atoms in total. The molecule has 1 N–H and O–H groups in total. The number of amides is 1. The van der Waals surface area contributed by atoms with Gasteiger partial charge in [-0.3, -0.25) is 9.59 Å². The summed E-state index contributed by atoms with van der Waals surface area (Å²) >= 11 is 2.11. The predicted octanol–water partition coefficient (Wildman–Crippen LogP) is 1.19. The maximum atomic E-state index is 11.2. The molecule has 15 heavy (non-hydrogen) atoms. The zero-order valence-corrected chi connectivity index (χ0v) is 10.1. The molecule has 1 rings (SSSR count). The molecule has 80 valence electrons. The van der Waals surface area contributed by atoms with Gasteiger partial charge in [0.15, 0.2) is 6.61 Å². The van der Waals surface area contributed by atoms with Crippen molar-refractivity contribution >= 4 is 40.3 Å². The minimum absolute atomic E-state index is 0.289. The Morgan fingerprint density at radius 2 is 2.33 bits per heavy atom. The fourth-order valence-electron chi connectivity index (χ4n) is 0.819. The van der Waals surface area contributed by atoms with Gasteiger partial charge in [-0.25, -0.2) is 4.98 Å². The molecule has 1 aromatic heterocycles. The van der Waals surface area contributed by atoms with Crippen molar-refractivity contribution in [2.75, 3.05) is 11.9 Å². The van der Waals surface area contributed by atoms with Crippen LogP contribution in [0.4, 0.5) is 5.82 Å². The van der Waals surface area contributed by atoms with Gasteiger partial charge < -0.3 is 10.1 Å². The van der Waals surface area contributed by atoms with Crippen molar-refractivity contribution in [2.24, 2.45) is 0 Å². The van der Waals surface area contributed by atoms with E-state index in [1.807, 2.05) is 6.07 Å². The third-order valence-corrected chi connectivity index (χ3v) is 2.07. The quantitative estimate of drug-likeness (QED) is 0.671. The first kappa shape index (κ1) is 11.9. The van der Waals surface area contributed by atoms with Gasteiger partial charge >= 0.3 is 5.97 Å². The maximum Gasteiger partial charge on any atom is 0.303 e. The van der Waals surface area contributed by atoms with Crippen LogP contribution in [0.25, 0.3) is 0 Å². The molecule has 1 amide bonds. The number of carbonyl (C=O) groups is 2. The number of esters is 1. The average molecular weight is 320 g/mol. The first-order valence-electron chi connectivity index (χ1n) is 4.12. The molecule has 0 saturated heterocycles. The van der Waals surface area contributed by atoms with Crippen LogP contribution in [0, 0.1) is 3.57 Å². The molecule has 0 aromatic carbocycles. The summed E-state index contributed by atoms with van der Waals surface area (Å²) in [5.74, 6) is -0.445. The molecular weight excluding hydrogens is 311 g/mol. The Morgan fingerprint density at radius 1 is 1.60 bits per heavy atom. The summed E-state index contributed by atoms with van der Waals surface area (Å²) in [4.78, 5) is 25.6. The standard InChI is InChI=1S/C9H9IN2O3/c1-6(13)15-5-9(14)12-8-4-7(10)2-3-11-8/h2-4H,5H2,1H3,(H,11,12,14). The van der Waals surface area contributed by atoms with Gasteiger partial charge in [-0.15, -0.1) is 0 Å². The Hall–Kier alpha value is -1.18. The maximum absolute atomic E-state index is 11.2. The van der Waals surface area contributed by atoms with E-state index < -0.39 is 11.9 Å². The monoisotopic (exact) mass is 320 g/mol. The fraction of sp³-hybridized carbons (Fsp3) is 0.222. The van der Waals surface area contributed by atoms with E-state index >= 15 is 0 Å². The number of pyridine rings is 1. The summed E-state index contributed by atoms with van der Waals surface area (Å²) in [7, 11) is 0. The second-order valence-electron chi connectivity index (χ2n) is 2.69. The van der Waals surface area contributed by atoms with Crippen LogP contribution in [0.1, 0.15) is 6.92 Å². The van der Waals surface area contributed by atoms with Gasteiger partial charge in [0.25, 0.3) is 5.91 Å². The summed E-state index contributed by atoms with van der Waals surface area (Å²) in [6.07, 6.45) is 1.59. The van der Waals surface area contributed by atoms with Crippen molar-refractivity contribution in [3.05, 3.63) is 21.9 Å². The second kappa shape index (κ2) is 5.64. The summed E-state index contributed by atoms with van der Waals surface area (Å²) in [5.41, 5.74) is 0. The molecule has 0 fully saturated rings. The number of anilines is 1. The Labute approximate surface area is 100 Å². The highest BCUT2D eigenvalue weighted by Gasteiger charge is 2.05. The van der Waals surface area contributed by atoms with Gasteiger partial charge in [-0.2, -0.15) is 0 Å². The fourth-order valence-corrected chi connectivity index (χ4v) is 1.28. The number of ether oxygens (including phenoxy) is 1. The molecule has 1 aromatic rings. The second-order valence-corrected chi connectivity index (χ2v) is 3.93. The Balaban J connectivity index is 2.48. The lowest BCUT2D eigenvalue weighted by atomic mass is 10.4. The van der Waals surface area contributed by atoms with Gasteiger partial charge in [-0.1, -0.05) is 0 Å². The molecule has 6 heteroatoms. The summed E-state index contributed by atoms with van der Waals surface area (Å²) in [5, 5.41) is 2.51. The van der Waals surface area contributed by atoms with Crippen LogP contribution >= 0.6 is 22.6 Å². The first-order chi connectivity index (χ1) is 7.08. The van der Waals surface area contributed by atoms with E-state index in [2.05, 4.69) is 37.6 Å². The van der Waals surface area contributed by atoms with Crippen molar-refractivity contribution in [2.45, 2.75) is 6.92 Å². The van der Waals surface area contributed by atoms with Gasteiger partial charge in [0.05, 0.1) is 0 Å². The Bertz CT molecular complexity index is 381. The highest BCUT2D eigenvalue weighted by Crippen LogP contribution is 2.08. The molecule has 0 atom stereocenters. The third-order valence-electron chi connectivity index (χ3n) is 1.40. The Kier molecular flexibility index (Phi) is 4.47. The van der Waals surface area contributed by atoms with E-state index in [0.29, 0.717) is 5.82 Å². The summed E-state index contributed by atoms with van der Waals surface area (Å²) < 4.78 is 5.49. The van der Waals surface area contributed by atoms with Crippen molar-refractivity contribution < 1.29 is 14.3 Å². The lowest BCUT2D eigenvalue weighted by Crippen LogP contribution is -2.20. The zero-order chi connectivity index (χ0) is 11.3. The van der Waals surface area contributed by atoms with Crippen LogP contribution in [0.15, 0.2) is 18.3 Å². The van der Waals surface area contributed by atoms with Gasteiger partial charge in [-0.05, 0) is 34.7 Å². The molecule has 0 unspecified atom stereocenters. The molecular formula is C9H9IN2O3.